The first-order valence-electron chi connectivity index (χ1n) is 9.82. The van der Waals surface area contributed by atoms with Gasteiger partial charge in [0.1, 0.15) is 5.76 Å². The number of carbonyl (C=O) groups is 1. The zero-order valence-electron chi connectivity index (χ0n) is 16.8. The van der Waals surface area contributed by atoms with Crippen molar-refractivity contribution in [2.24, 2.45) is 5.92 Å². The SMILES string of the molecule is Cc1cc(CC(=O)Nc2cc(C3CC(COc4nscc4C(C)C)C3)[nH]n2)on1. The van der Waals surface area contributed by atoms with Crippen LogP contribution in [0.1, 0.15) is 61.2 Å². The van der Waals surface area contributed by atoms with E-state index in [0.29, 0.717) is 35.9 Å². The number of amides is 1. The average molecular weight is 416 g/mol. The van der Waals surface area contributed by atoms with Gasteiger partial charge in [-0.05, 0) is 43.1 Å². The second kappa shape index (κ2) is 8.36. The molecule has 3 aromatic heterocycles. The van der Waals surface area contributed by atoms with E-state index in [9.17, 15) is 4.79 Å². The van der Waals surface area contributed by atoms with Crippen LogP contribution in [0.15, 0.2) is 22.0 Å². The van der Waals surface area contributed by atoms with E-state index in [1.165, 1.54) is 17.1 Å². The molecule has 9 heteroatoms. The molecule has 8 nitrogen and oxygen atoms in total. The van der Waals surface area contributed by atoms with Gasteiger partial charge in [-0.1, -0.05) is 19.0 Å². The third kappa shape index (κ3) is 4.67. The maximum Gasteiger partial charge on any atom is 0.233 e. The van der Waals surface area contributed by atoms with Crippen molar-refractivity contribution in [3.63, 3.8) is 0 Å². The molecular weight excluding hydrogens is 390 g/mol. The Hall–Kier alpha value is -2.68. The topological polar surface area (TPSA) is 106 Å². The molecule has 1 aliphatic carbocycles. The molecule has 0 unspecified atom stereocenters. The van der Waals surface area contributed by atoms with Crippen molar-refractivity contribution < 1.29 is 14.1 Å². The van der Waals surface area contributed by atoms with Crippen LogP contribution in [-0.4, -0.2) is 32.2 Å². The Balaban J connectivity index is 1.23. The Morgan fingerprint density at radius 2 is 2.24 bits per heavy atom. The van der Waals surface area contributed by atoms with Crippen molar-refractivity contribution in [1.29, 1.82) is 0 Å². The number of hydrogen-bond acceptors (Lipinski definition) is 7. The number of aromatic nitrogens is 4. The minimum Gasteiger partial charge on any atom is -0.477 e. The smallest absolute Gasteiger partial charge is 0.233 e. The number of hydrogen-bond donors (Lipinski definition) is 2. The molecule has 154 valence electrons. The van der Waals surface area contributed by atoms with Crippen molar-refractivity contribution >= 4 is 23.3 Å². The molecule has 0 saturated heterocycles. The molecule has 0 aliphatic heterocycles. The lowest BCUT2D eigenvalue weighted by atomic mass is 9.74. The summed E-state index contributed by atoms with van der Waals surface area (Å²) in [5.41, 5.74) is 2.98. The number of rotatable bonds is 8. The molecule has 2 N–H and O–H groups in total. The second-order valence-electron chi connectivity index (χ2n) is 7.94. The van der Waals surface area contributed by atoms with E-state index >= 15 is 0 Å². The number of nitrogens with zero attached hydrogens (tertiary/aromatic N) is 3. The predicted molar refractivity (Wildman–Crippen MR) is 109 cm³/mol. The maximum atomic E-state index is 12.1. The Morgan fingerprint density at radius 1 is 1.41 bits per heavy atom. The van der Waals surface area contributed by atoms with E-state index in [4.69, 9.17) is 9.26 Å². The van der Waals surface area contributed by atoms with E-state index in [0.717, 1.165) is 30.1 Å². The lowest BCUT2D eigenvalue weighted by Gasteiger charge is -2.34. The fourth-order valence-corrected chi connectivity index (χ4v) is 4.30. The molecule has 1 fully saturated rings. The first-order chi connectivity index (χ1) is 14.0. The zero-order chi connectivity index (χ0) is 20.4. The molecule has 0 spiro atoms. The van der Waals surface area contributed by atoms with E-state index in [1.807, 2.05) is 13.0 Å². The van der Waals surface area contributed by atoms with Crippen molar-refractivity contribution in [3.8, 4) is 5.88 Å². The lowest BCUT2D eigenvalue weighted by Crippen LogP contribution is -2.27. The Morgan fingerprint density at radius 3 is 2.97 bits per heavy atom. The highest BCUT2D eigenvalue weighted by Gasteiger charge is 2.32. The number of ether oxygens (including phenoxy) is 1. The number of anilines is 1. The summed E-state index contributed by atoms with van der Waals surface area (Å²) < 4.78 is 15.4. The van der Waals surface area contributed by atoms with Crippen LogP contribution in [0.25, 0.3) is 0 Å². The van der Waals surface area contributed by atoms with Gasteiger partial charge >= 0.3 is 0 Å². The summed E-state index contributed by atoms with van der Waals surface area (Å²) in [6.07, 6.45) is 2.21. The van der Waals surface area contributed by atoms with E-state index in [-0.39, 0.29) is 12.3 Å². The molecule has 0 radical (unpaired) electrons. The van der Waals surface area contributed by atoms with Gasteiger partial charge in [-0.15, -0.1) is 0 Å². The highest BCUT2D eigenvalue weighted by Crippen LogP contribution is 2.41. The number of carbonyl (C=O) groups excluding carboxylic acids is 1. The molecule has 0 aromatic carbocycles. The second-order valence-corrected chi connectivity index (χ2v) is 8.57. The van der Waals surface area contributed by atoms with Crippen LogP contribution in [0.3, 0.4) is 0 Å². The van der Waals surface area contributed by atoms with Gasteiger partial charge in [-0.2, -0.15) is 9.47 Å². The predicted octanol–water partition coefficient (Wildman–Crippen LogP) is 4.04. The van der Waals surface area contributed by atoms with Crippen molar-refractivity contribution in [3.05, 3.63) is 40.2 Å². The standard InChI is InChI=1S/C20H25N5O3S/c1-11(2)16-10-29-25-20(16)27-9-13-5-14(6-13)17-8-18(23-22-17)21-19(26)7-15-4-12(3)24-28-15/h4,8,10-11,13-14H,5-7,9H2,1-3H3,(H2,21,22,23,26). The van der Waals surface area contributed by atoms with Gasteiger partial charge in [0.05, 0.1) is 18.7 Å². The van der Waals surface area contributed by atoms with Crippen LogP contribution in [0, 0.1) is 12.8 Å². The average Bonchev–Trinajstić information content (AvgIpc) is 3.35. The number of aryl methyl sites for hydroxylation is 1. The summed E-state index contributed by atoms with van der Waals surface area (Å²) in [5, 5.41) is 15.9. The third-order valence-electron chi connectivity index (χ3n) is 5.19. The summed E-state index contributed by atoms with van der Waals surface area (Å²) in [4.78, 5) is 12.1. The first-order valence-corrected chi connectivity index (χ1v) is 10.7. The lowest BCUT2D eigenvalue weighted by molar-refractivity contribution is -0.115. The molecule has 1 saturated carbocycles. The monoisotopic (exact) mass is 415 g/mol. The van der Waals surface area contributed by atoms with Gasteiger partial charge in [0, 0.05) is 34.7 Å². The van der Waals surface area contributed by atoms with Crippen LogP contribution < -0.4 is 10.1 Å². The molecule has 3 aromatic rings. The highest BCUT2D eigenvalue weighted by atomic mass is 32.1. The molecule has 4 rings (SSSR count). The fourth-order valence-electron chi connectivity index (χ4n) is 3.50. The molecule has 1 amide bonds. The summed E-state index contributed by atoms with van der Waals surface area (Å²) in [7, 11) is 0. The van der Waals surface area contributed by atoms with E-state index < -0.39 is 0 Å². The minimum atomic E-state index is -0.177. The van der Waals surface area contributed by atoms with Gasteiger partial charge in [-0.25, -0.2) is 0 Å². The summed E-state index contributed by atoms with van der Waals surface area (Å²) in [6, 6.07) is 3.66. The highest BCUT2D eigenvalue weighted by molar-refractivity contribution is 7.03. The summed E-state index contributed by atoms with van der Waals surface area (Å²) >= 11 is 1.45. The largest absolute Gasteiger partial charge is 0.477 e. The summed E-state index contributed by atoms with van der Waals surface area (Å²) in [6.45, 7) is 6.81. The number of nitrogens with one attached hydrogen (secondary N) is 2. The van der Waals surface area contributed by atoms with E-state index in [2.05, 4.69) is 44.3 Å². The molecular formula is C20H25N5O3S. The van der Waals surface area contributed by atoms with Crippen molar-refractivity contribution in [2.75, 3.05) is 11.9 Å². The van der Waals surface area contributed by atoms with Gasteiger partial charge in [0.25, 0.3) is 0 Å². The molecule has 3 heterocycles. The Labute approximate surface area is 173 Å². The Bertz CT molecular complexity index is 970. The van der Waals surface area contributed by atoms with Crippen LogP contribution in [0.2, 0.25) is 0 Å². The van der Waals surface area contributed by atoms with E-state index in [1.54, 1.807) is 6.07 Å². The van der Waals surface area contributed by atoms with Crippen molar-refractivity contribution in [2.45, 2.75) is 51.9 Å². The zero-order valence-corrected chi connectivity index (χ0v) is 17.6. The van der Waals surface area contributed by atoms with Crippen LogP contribution in [0.4, 0.5) is 5.82 Å². The normalized spacial score (nSPS) is 18.6. The van der Waals surface area contributed by atoms with Gasteiger partial charge in [0.2, 0.25) is 11.8 Å². The number of aromatic amines is 1. The quantitative estimate of drug-likeness (QED) is 0.575. The first kappa shape index (κ1) is 19.6. The molecule has 1 aliphatic rings. The fraction of sp³-hybridized carbons (Fsp3) is 0.500. The molecule has 29 heavy (non-hydrogen) atoms. The summed E-state index contributed by atoms with van der Waals surface area (Å²) in [5.74, 6) is 3.02. The van der Waals surface area contributed by atoms with Gasteiger partial charge in [0.15, 0.2) is 5.82 Å². The van der Waals surface area contributed by atoms with Crippen molar-refractivity contribution in [1.82, 2.24) is 19.7 Å². The third-order valence-corrected chi connectivity index (χ3v) is 5.82. The molecule has 0 bridgehead atoms. The van der Waals surface area contributed by atoms with Gasteiger partial charge < -0.3 is 14.6 Å². The Kier molecular flexibility index (Phi) is 5.66. The van der Waals surface area contributed by atoms with Crippen LogP contribution in [-0.2, 0) is 11.2 Å². The van der Waals surface area contributed by atoms with Crippen LogP contribution in [0.5, 0.6) is 5.88 Å². The number of H-pyrrole nitrogens is 1. The minimum absolute atomic E-state index is 0.140. The van der Waals surface area contributed by atoms with Gasteiger partial charge in [-0.3, -0.25) is 9.89 Å². The molecule has 0 atom stereocenters. The van der Waals surface area contributed by atoms with Crippen LogP contribution >= 0.6 is 11.5 Å². The maximum absolute atomic E-state index is 12.1.